The van der Waals surface area contributed by atoms with Crippen LogP contribution in [0.3, 0.4) is 0 Å². The lowest BCUT2D eigenvalue weighted by Gasteiger charge is -2.08. The molecule has 7 nitrogen and oxygen atoms in total. The molecule has 8 heteroatoms. The molecule has 1 aromatic heterocycles. The van der Waals surface area contributed by atoms with Gasteiger partial charge >= 0.3 is 5.97 Å². The van der Waals surface area contributed by atoms with Crippen molar-refractivity contribution >= 4 is 11.9 Å². The number of carbonyl (C=O) groups is 2. The fourth-order valence-corrected chi connectivity index (χ4v) is 1.57. The van der Waals surface area contributed by atoms with E-state index in [9.17, 15) is 19.1 Å². The summed E-state index contributed by atoms with van der Waals surface area (Å²) in [6.45, 7) is -0.596. The van der Waals surface area contributed by atoms with Crippen LogP contribution >= 0.6 is 0 Å². The van der Waals surface area contributed by atoms with Crippen molar-refractivity contribution in [3.63, 3.8) is 0 Å². The number of hydrogen-bond donors (Lipinski definition) is 3. The molecular formula is C14H11FN2O5. The van der Waals surface area contributed by atoms with Crippen LogP contribution in [0.15, 0.2) is 36.5 Å². The Balaban J connectivity index is 2.12. The van der Waals surface area contributed by atoms with Crippen LogP contribution in [-0.2, 0) is 4.79 Å². The molecule has 0 fully saturated rings. The van der Waals surface area contributed by atoms with Crippen molar-refractivity contribution in [3.8, 4) is 17.2 Å². The molecule has 1 amide bonds. The van der Waals surface area contributed by atoms with Crippen molar-refractivity contribution < 1.29 is 28.9 Å². The Bertz CT molecular complexity index is 720. The SMILES string of the molecule is O=C(O)CNC(=O)c1ncc(Oc2cccc(F)c2)cc1O. The zero-order valence-electron chi connectivity index (χ0n) is 11.1. The molecule has 0 aliphatic carbocycles. The lowest BCUT2D eigenvalue weighted by Crippen LogP contribution is -2.29. The van der Waals surface area contributed by atoms with E-state index in [2.05, 4.69) is 10.3 Å². The molecule has 0 spiro atoms. The van der Waals surface area contributed by atoms with Crippen LogP contribution in [0.5, 0.6) is 17.2 Å². The van der Waals surface area contributed by atoms with Crippen molar-refractivity contribution in [1.29, 1.82) is 0 Å². The highest BCUT2D eigenvalue weighted by atomic mass is 19.1. The molecule has 114 valence electrons. The molecule has 2 aromatic rings. The van der Waals surface area contributed by atoms with Gasteiger partial charge in [0, 0.05) is 12.1 Å². The van der Waals surface area contributed by atoms with Crippen LogP contribution < -0.4 is 10.1 Å². The summed E-state index contributed by atoms with van der Waals surface area (Å²) < 4.78 is 18.3. The molecule has 3 N–H and O–H groups in total. The van der Waals surface area contributed by atoms with Gasteiger partial charge in [-0.3, -0.25) is 9.59 Å². The van der Waals surface area contributed by atoms with Crippen molar-refractivity contribution in [3.05, 3.63) is 48.0 Å². The zero-order chi connectivity index (χ0) is 16.1. The van der Waals surface area contributed by atoms with E-state index in [1.54, 1.807) is 0 Å². The molecule has 1 heterocycles. The van der Waals surface area contributed by atoms with Crippen LogP contribution in [-0.4, -0.2) is 33.6 Å². The fourth-order valence-electron chi connectivity index (χ4n) is 1.57. The quantitative estimate of drug-likeness (QED) is 0.773. The normalized spacial score (nSPS) is 10.0. The van der Waals surface area contributed by atoms with Crippen LogP contribution in [0.1, 0.15) is 10.5 Å². The first-order valence-electron chi connectivity index (χ1n) is 6.08. The number of aromatic hydroxyl groups is 1. The van der Waals surface area contributed by atoms with Crippen molar-refractivity contribution in [2.75, 3.05) is 6.54 Å². The molecule has 0 unspecified atom stereocenters. The topological polar surface area (TPSA) is 109 Å². The van der Waals surface area contributed by atoms with Crippen LogP contribution in [0.25, 0.3) is 0 Å². The second kappa shape index (κ2) is 6.53. The van der Waals surface area contributed by atoms with Gasteiger partial charge in [-0.05, 0) is 12.1 Å². The third kappa shape index (κ3) is 3.92. The van der Waals surface area contributed by atoms with Crippen molar-refractivity contribution in [1.82, 2.24) is 10.3 Å². The Morgan fingerprint density at radius 1 is 1.27 bits per heavy atom. The first-order valence-corrected chi connectivity index (χ1v) is 6.08. The summed E-state index contributed by atoms with van der Waals surface area (Å²) in [6.07, 6.45) is 1.15. The Morgan fingerprint density at radius 2 is 2.05 bits per heavy atom. The number of carboxylic acids is 1. The van der Waals surface area contributed by atoms with Gasteiger partial charge in [0.05, 0.1) is 6.20 Å². The summed E-state index contributed by atoms with van der Waals surface area (Å²) in [5, 5.41) is 20.3. The minimum Gasteiger partial charge on any atom is -0.505 e. The Labute approximate surface area is 124 Å². The second-order valence-corrected chi connectivity index (χ2v) is 4.17. The average Bonchev–Trinajstić information content (AvgIpc) is 2.45. The summed E-state index contributed by atoms with van der Waals surface area (Å²) in [6, 6.07) is 6.47. The zero-order valence-corrected chi connectivity index (χ0v) is 11.1. The number of amides is 1. The molecule has 0 bridgehead atoms. The van der Waals surface area contributed by atoms with Gasteiger partial charge in [0.2, 0.25) is 0 Å². The van der Waals surface area contributed by atoms with E-state index in [1.807, 2.05) is 0 Å². The third-order valence-electron chi connectivity index (χ3n) is 2.49. The summed E-state index contributed by atoms with van der Waals surface area (Å²) in [4.78, 5) is 25.7. The van der Waals surface area contributed by atoms with Crippen LogP contribution in [0.4, 0.5) is 4.39 Å². The lowest BCUT2D eigenvalue weighted by atomic mass is 10.3. The molecule has 2 rings (SSSR count). The Hall–Kier alpha value is -3.16. The van der Waals surface area contributed by atoms with E-state index < -0.39 is 30.0 Å². The minimum atomic E-state index is -1.22. The molecule has 0 saturated carbocycles. The highest BCUT2D eigenvalue weighted by Crippen LogP contribution is 2.26. The largest absolute Gasteiger partial charge is 0.505 e. The number of hydrogen-bond acceptors (Lipinski definition) is 5. The third-order valence-corrected chi connectivity index (χ3v) is 2.49. The minimum absolute atomic E-state index is 0.0953. The molecule has 0 atom stereocenters. The molecule has 0 aliphatic rings. The van der Waals surface area contributed by atoms with E-state index in [4.69, 9.17) is 9.84 Å². The van der Waals surface area contributed by atoms with Crippen molar-refractivity contribution in [2.45, 2.75) is 0 Å². The predicted octanol–water partition coefficient (Wildman–Crippen LogP) is 1.53. The first kappa shape index (κ1) is 15.2. The van der Waals surface area contributed by atoms with Gasteiger partial charge in [-0.15, -0.1) is 0 Å². The van der Waals surface area contributed by atoms with E-state index >= 15 is 0 Å². The maximum atomic E-state index is 13.0. The van der Waals surface area contributed by atoms with Gasteiger partial charge in [-0.25, -0.2) is 9.37 Å². The van der Waals surface area contributed by atoms with E-state index in [1.165, 1.54) is 18.2 Å². The number of nitrogens with zero attached hydrogens (tertiary/aromatic N) is 1. The first-order chi connectivity index (χ1) is 10.5. The van der Waals surface area contributed by atoms with Gasteiger partial charge in [-0.1, -0.05) is 6.07 Å². The molecule has 22 heavy (non-hydrogen) atoms. The smallest absolute Gasteiger partial charge is 0.322 e. The summed E-state index contributed by atoms with van der Waals surface area (Å²) in [7, 11) is 0. The second-order valence-electron chi connectivity index (χ2n) is 4.17. The number of nitrogens with one attached hydrogen (secondary N) is 1. The summed E-state index contributed by atoms with van der Waals surface area (Å²) in [5.41, 5.74) is -0.340. The Kier molecular flexibility index (Phi) is 4.52. The number of aliphatic carboxylic acids is 1. The number of carboxylic acid groups (broad SMARTS) is 1. The van der Waals surface area contributed by atoms with E-state index in [-0.39, 0.29) is 17.2 Å². The number of benzene rings is 1. The number of ether oxygens (including phenoxy) is 1. The van der Waals surface area contributed by atoms with Crippen molar-refractivity contribution in [2.24, 2.45) is 0 Å². The molecular weight excluding hydrogens is 295 g/mol. The van der Waals surface area contributed by atoms with Gasteiger partial charge in [0.25, 0.3) is 5.91 Å². The van der Waals surface area contributed by atoms with Gasteiger partial charge in [-0.2, -0.15) is 0 Å². The molecule has 0 aliphatic heterocycles. The maximum absolute atomic E-state index is 13.0. The maximum Gasteiger partial charge on any atom is 0.322 e. The average molecular weight is 306 g/mol. The molecule has 0 saturated heterocycles. The summed E-state index contributed by atoms with van der Waals surface area (Å²) >= 11 is 0. The molecule has 0 radical (unpaired) electrons. The van der Waals surface area contributed by atoms with E-state index in [0.717, 1.165) is 18.3 Å². The van der Waals surface area contributed by atoms with Gasteiger partial charge in [0.15, 0.2) is 11.4 Å². The van der Waals surface area contributed by atoms with Crippen LogP contribution in [0, 0.1) is 5.82 Å². The highest BCUT2D eigenvalue weighted by molar-refractivity contribution is 5.96. The number of rotatable bonds is 5. The Morgan fingerprint density at radius 3 is 2.68 bits per heavy atom. The standard InChI is InChI=1S/C14H11FN2O5/c15-8-2-1-3-9(4-8)22-10-5-11(18)13(16-6-10)14(21)17-7-12(19)20/h1-6,18H,7H2,(H,17,21)(H,19,20). The fraction of sp³-hybridized carbons (Fsp3) is 0.0714. The number of pyridine rings is 1. The highest BCUT2D eigenvalue weighted by Gasteiger charge is 2.15. The summed E-state index contributed by atoms with van der Waals surface area (Å²) in [5.74, 6) is -2.74. The monoisotopic (exact) mass is 306 g/mol. The molecule has 1 aromatic carbocycles. The predicted molar refractivity (Wildman–Crippen MR) is 72.3 cm³/mol. The number of carbonyl (C=O) groups excluding carboxylic acids is 1. The van der Waals surface area contributed by atoms with Gasteiger partial charge in [0.1, 0.15) is 23.9 Å². The van der Waals surface area contributed by atoms with E-state index in [0.29, 0.717) is 0 Å². The lowest BCUT2D eigenvalue weighted by molar-refractivity contribution is -0.135. The number of halogens is 1. The van der Waals surface area contributed by atoms with Crippen LogP contribution in [0.2, 0.25) is 0 Å². The number of aromatic nitrogens is 1. The van der Waals surface area contributed by atoms with Gasteiger partial charge < -0.3 is 20.3 Å².